The fourth-order valence-corrected chi connectivity index (χ4v) is 4.74. The molecule has 2 aliphatic heterocycles. The summed E-state index contributed by atoms with van der Waals surface area (Å²) in [6, 6.07) is 0. The monoisotopic (exact) mass is 305 g/mol. The maximum atomic E-state index is 12.6. The van der Waals surface area contributed by atoms with E-state index < -0.39 is 10.2 Å². The van der Waals surface area contributed by atoms with Crippen molar-refractivity contribution in [3.8, 4) is 0 Å². The van der Waals surface area contributed by atoms with Crippen LogP contribution in [0.2, 0.25) is 0 Å². The van der Waals surface area contributed by atoms with Crippen LogP contribution in [0.25, 0.3) is 0 Å². The predicted molar refractivity (Wildman–Crippen MR) is 78.7 cm³/mol. The Bertz CT molecular complexity index is 399. The number of hydrogen-bond donors (Lipinski definition) is 1. The first kappa shape index (κ1) is 16.2. The highest BCUT2D eigenvalue weighted by molar-refractivity contribution is 7.86. The SMILES string of the molecule is CC1CC(C)CN(S(=O)(=O)N(C)CC2CNCCO2)C1. The van der Waals surface area contributed by atoms with Crippen LogP contribution < -0.4 is 5.32 Å². The van der Waals surface area contributed by atoms with Gasteiger partial charge in [0, 0.05) is 39.8 Å². The Labute approximate surface area is 122 Å². The zero-order valence-electron chi connectivity index (χ0n) is 12.7. The van der Waals surface area contributed by atoms with E-state index in [0.29, 0.717) is 44.6 Å². The standard InChI is InChI=1S/C13H27N3O3S/c1-11-6-12(2)9-16(8-11)20(17,18)15(3)10-13-7-14-4-5-19-13/h11-14H,4-10H2,1-3H3. The first-order chi connectivity index (χ1) is 9.39. The van der Waals surface area contributed by atoms with Gasteiger partial charge >= 0.3 is 0 Å². The minimum atomic E-state index is -3.37. The molecule has 0 aliphatic carbocycles. The van der Waals surface area contributed by atoms with Crippen LogP contribution in [0.3, 0.4) is 0 Å². The molecule has 3 atom stereocenters. The fourth-order valence-electron chi connectivity index (χ4n) is 3.11. The Morgan fingerprint density at radius 2 is 1.95 bits per heavy atom. The van der Waals surface area contributed by atoms with E-state index in [-0.39, 0.29) is 6.10 Å². The Morgan fingerprint density at radius 3 is 2.50 bits per heavy atom. The van der Waals surface area contributed by atoms with Crippen molar-refractivity contribution in [1.29, 1.82) is 0 Å². The van der Waals surface area contributed by atoms with Gasteiger partial charge in [-0.3, -0.25) is 0 Å². The van der Waals surface area contributed by atoms with E-state index in [0.717, 1.165) is 13.0 Å². The summed E-state index contributed by atoms with van der Waals surface area (Å²) in [4.78, 5) is 0. The molecule has 3 unspecified atom stereocenters. The molecule has 0 aromatic carbocycles. The van der Waals surface area contributed by atoms with Crippen molar-refractivity contribution in [2.45, 2.75) is 26.4 Å². The molecule has 118 valence electrons. The third-order valence-corrected chi connectivity index (χ3v) is 5.91. The summed E-state index contributed by atoms with van der Waals surface area (Å²) >= 11 is 0. The second-order valence-corrected chi connectivity index (χ2v) is 8.28. The molecule has 1 N–H and O–H groups in total. The highest BCUT2D eigenvalue weighted by Gasteiger charge is 2.34. The number of rotatable bonds is 4. The van der Waals surface area contributed by atoms with Crippen LogP contribution >= 0.6 is 0 Å². The highest BCUT2D eigenvalue weighted by Crippen LogP contribution is 2.24. The van der Waals surface area contributed by atoms with Crippen molar-refractivity contribution in [3.05, 3.63) is 0 Å². The normalized spacial score (nSPS) is 33.5. The lowest BCUT2D eigenvalue weighted by Crippen LogP contribution is -2.52. The average Bonchev–Trinajstić information content (AvgIpc) is 2.38. The van der Waals surface area contributed by atoms with E-state index in [9.17, 15) is 8.42 Å². The van der Waals surface area contributed by atoms with Gasteiger partial charge in [0.15, 0.2) is 0 Å². The molecule has 2 aliphatic rings. The zero-order chi connectivity index (χ0) is 14.8. The van der Waals surface area contributed by atoms with Crippen LogP contribution in [0.1, 0.15) is 20.3 Å². The van der Waals surface area contributed by atoms with Crippen LogP contribution in [0, 0.1) is 11.8 Å². The van der Waals surface area contributed by atoms with E-state index in [1.165, 1.54) is 4.31 Å². The van der Waals surface area contributed by atoms with E-state index in [4.69, 9.17) is 4.74 Å². The van der Waals surface area contributed by atoms with Crippen molar-refractivity contribution >= 4 is 10.2 Å². The minimum Gasteiger partial charge on any atom is -0.374 e. The van der Waals surface area contributed by atoms with E-state index in [2.05, 4.69) is 19.2 Å². The molecule has 0 radical (unpaired) electrons. The predicted octanol–water partition coefficient (Wildman–Crippen LogP) is 0.129. The number of morpholine rings is 1. The van der Waals surface area contributed by atoms with Crippen molar-refractivity contribution < 1.29 is 13.2 Å². The summed E-state index contributed by atoms with van der Waals surface area (Å²) in [5.74, 6) is 0.851. The van der Waals surface area contributed by atoms with E-state index >= 15 is 0 Å². The molecule has 0 aromatic rings. The topological polar surface area (TPSA) is 61.9 Å². The quantitative estimate of drug-likeness (QED) is 0.802. The number of piperidine rings is 1. The summed E-state index contributed by atoms with van der Waals surface area (Å²) in [5.41, 5.74) is 0. The van der Waals surface area contributed by atoms with Gasteiger partial charge in [-0.05, 0) is 18.3 Å². The maximum Gasteiger partial charge on any atom is 0.281 e. The second-order valence-electron chi connectivity index (χ2n) is 6.25. The molecule has 2 rings (SSSR count). The summed E-state index contributed by atoms with van der Waals surface area (Å²) in [6.45, 7) is 8.10. The summed E-state index contributed by atoms with van der Waals surface area (Å²) in [7, 11) is -1.72. The van der Waals surface area contributed by atoms with Gasteiger partial charge in [-0.25, -0.2) is 0 Å². The van der Waals surface area contributed by atoms with Gasteiger partial charge in [0.05, 0.1) is 12.7 Å². The van der Waals surface area contributed by atoms with E-state index in [1.807, 2.05) is 0 Å². The number of nitrogens with one attached hydrogen (secondary N) is 1. The third kappa shape index (κ3) is 3.92. The molecule has 6 nitrogen and oxygen atoms in total. The lowest BCUT2D eigenvalue weighted by Gasteiger charge is -2.37. The van der Waals surface area contributed by atoms with Crippen LogP contribution in [-0.4, -0.2) is 69.5 Å². The molecule has 7 heteroatoms. The minimum absolute atomic E-state index is 0.0526. The Hall–Kier alpha value is -0.210. The van der Waals surface area contributed by atoms with E-state index in [1.54, 1.807) is 11.4 Å². The lowest BCUT2D eigenvalue weighted by molar-refractivity contribution is 0.0196. The smallest absolute Gasteiger partial charge is 0.281 e. The van der Waals surface area contributed by atoms with Gasteiger partial charge in [-0.1, -0.05) is 13.8 Å². The molecular formula is C13H27N3O3S. The Balaban J connectivity index is 1.97. The largest absolute Gasteiger partial charge is 0.374 e. The van der Waals surface area contributed by atoms with Crippen LogP contribution in [0.15, 0.2) is 0 Å². The molecule has 2 saturated heterocycles. The fraction of sp³-hybridized carbons (Fsp3) is 1.00. The molecule has 0 amide bonds. The molecule has 2 heterocycles. The third-order valence-electron chi connectivity index (χ3n) is 4.02. The number of nitrogens with zero attached hydrogens (tertiary/aromatic N) is 2. The van der Waals surface area contributed by atoms with Crippen molar-refractivity contribution in [2.75, 3.05) is 46.4 Å². The lowest BCUT2D eigenvalue weighted by atomic mass is 9.94. The molecule has 0 aromatic heterocycles. The van der Waals surface area contributed by atoms with Gasteiger partial charge in [0.1, 0.15) is 0 Å². The molecule has 20 heavy (non-hydrogen) atoms. The Morgan fingerprint density at radius 1 is 1.30 bits per heavy atom. The molecule has 0 saturated carbocycles. The first-order valence-electron chi connectivity index (χ1n) is 7.43. The second kappa shape index (κ2) is 6.70. The molecule has 0 spiro atoms. The molecular weight excluding hydrogens is 278 g/mol. The molecule has 0 bridgehead atoms. The van der Waals surface area contributed by atoms with Crippen molar-refractivity contribution in [1.82, 2.24) is 13.9 Å². The Kier molecular flexibility index (Phi) is 5.42. The van der Waals surface area contributed by atoms with Crippen molar-refractivity contribution in [3.63, 3.8) is 0 Å². The average molecular weight is 305 g/mol. The van der Waals surface area contributed by atoms with Crippen LogP contribution in [0.4, 0.5) is 0 Å². The van der Waals surface area contributed by atoms with Crippen LogP contribution in [0.5, 0.6) is 0 Å². The van der Waals surface area contributed by atoms with Gasteiger partial charge in [0.2, 0.25) is 0 Å². The summed E-state index contributed by atoms with van der Waals surface area (Å²) in [6.07, 6.45) is 1.05. The molecule has 2 fully saturated rings. The van der Waals surface area contributed by atoms with Gasteiger partial charge in [-0.2, -0.15) is 17.0 Å². The number of ether oxygens (including phenoxy) is 1. The van der Waals surface area contributed by atoms with Gasteiger partial charge in [-0.15, -0.1) is 0 Å². The van der Waals surface area contributed by atoms with Gasteiger partial charge < -0.3 is 10.1 Å². The zero-order valence-corrected chi connectivity index (χ0v) is 13.5. The summed E-state index contributed by atoms with van der Waals surface area (Å²) < 4.78 is 33.9. The van der Waals surface area contributed by atoms with Crippen molar-refractivity contribution in [2.24, 2.45) is 11.8 Å². The number of hydrogen-bond acceptors (Lipinski definition) is 4. The summed E-state index contributed by atoms with van der Waals surface area (Å²) in [5, 5.41) is 3.23. The maximum absolute atomic E-state index is 12.6. The van der Waals surface area contributed by atoms with Gasteiger partial charge in [0.25, 0.3) is 10.2 Å². The highest BCUT2D eigenvalue weighted by atomic mass is 32.2. The number of likely N-dealkylation sites (N-methyl/N-ethyl adjacent to an activating group) is 1. The first-order valence-corrected chi connectivity index (χ1v) is 8.83. The van der Waals surface area contributed by atoms with Crippen LogP contribution in [-0.2, 0) is 14.9 Å².